The number of benzene rings is 2. The molecule has 0 spiro atoms. The Morgan fingerprint density at radius 3 is 2.69 bits per heavy atom. The van der Waals surface area contributed by atoms with E-state index >= 15 is 0 Å². The lowest BCUT2D eigenvalue weighted by atomic mass is 10.0. The summed E-state index contributed by atoms with van der Waals surface area (Å²) in [5, 5.41) is 14.5. The molecule has 26 heavy (non-hydrogen) atoms. The normalized spacial score (nSPS) is 13.7. The second-order valence-electron chi connectivity index (χ2n) is 6.38. The highest BCUT2D eigenvalue weighted by Crippen LogP contribution is 2.30. The molecule has 2 N–H and O–H groups in total. The molecule has 1 atom stereocenters. The largest absolute Gasteiger partial charge is 0.334 e. The minimum Gasteiger partial charge on any atom is -0.334 e. The average molecular weight is 348 g/mol. The van der Waals surface area contributed by atoms with Crippen LogP contribution in [-0.2, 0) is 17.8 Å². The molecule has 1 aliphatic heterocycles. The summed E-state index contributed by atoms with van der Waals surface area (Å²) < 4.78 is 0. The number of nitrogens with zero attached hydrogens (tertiary/aromatic N) is 2. The van der Waals surface area contributed by atoms with Crippen LogP contribution in [0.5, 0.6) is 0 Å². The zero-order chi connectivity index (χ0) is 18.7. The summed E-state index contributed by atoms with van der Waals surface area (Å²) in [5.74, 6) is 0.0814. The number of nitriles is 1. The van der Waals surface area contributed by atoms with Crippen LogP contribution in [0.15, 0.2) is 42.5 Å². The number of nitrogens with one attached hydrogen (secondary N) is 2. The number of amides is 3. The van der Waals surface area contributed by atoms with Crippen LogP contribution in [0.3, 0.4) is 0 Å². The maximum atomic E-state index is 12.1. The summed E-state index contributed by atoms with van der Waals surface area (Å²) in [6.45, 7) is 2.29. The van der Waals surface area contributed by atoms with Crippen LogP contribution < -0.4 is 15.5 Å². The average Bonchev–Trinajstić information content (AvgIpc) is 2.94. The van der Waals surface area contributed by atoms with Crippen molar-refractivity contribution in [2.24, 2.45) is 0 Å². The second-order valence-corrected chi connectivity index (χ2v) is 6.38. The van der Waals surface area contributed by atoms with Crippen molar-refractivity contribution in [2.75, 3.05) is 11.9 Å². The van der Waals surface area contributed by atoms with Gasteiger partial charge in [0.1, 0.15) is 0 Å². The number of carbonyl (C=O) groups excluding carboxylic acids is 2. The Morgan fingerprint density at radius 2 is 2.00 bits per heavy atom. The minimum atomic E-state index is -0.268. The Balaban J connectivity index is 1.57. The molecular formula is C20H20N4O2. The van der Waals surface area contributed by atoms with Gasteiger partial charge in [0, 0.05) is 19.3 Å². The van der Waals surface area contributed by atoms with Crippen LogP contribution in [0.4, 0.5) is 10.5 Å². The summed E-state index contributed by atoms with van der Waals surface area (Å²) >= 11 is 0. The fourth-order valence-electron chi connectivity index (χ4n) is 2.97. The van der Waals surface area contributed by atoms with Crippen molar-refractivity contribution in [2.45, 2.75) is 25.9 Å². The predicted octanol–water partition coefficient (Wildman–Crippen LogP) is 2.64. The number of hydrogen-bond acceptors (Lipinski definition) is 3. The van der Waals surface area contributed by atoms with E-state index in [1.807, 2.05) is 37.3 Å². The van der Waals surface area contributed by atoms with Gasteiger partial charge in [-0.25, -0.2) is 4.79 Å². The van der Waals surface area contributed by atoms with Gasteiger partial charge in [-0.05, 0) is 41.8 Å². The van der Waals surface area contributed by atoms with Crippen molar-refractivity contribution in [3.05, 3.63) is 64.7 Å². The molecule has 132 valence electrons. The molecule has 0 saturated heterocycles. The molecule has 1 aliphatic rings. The quantitative estimate of drug-likeness (QED) is 0.891. The number of hydrogen-bond donors (Lipinski definition) is 2. The van der Waals surface area contributed by atoms with Gasteiger partial charge in [0.05, 0.1) is 24.1 Å². The third-order valence-corrected chi connectivity index (χ3v) is 4.56. The Hall–Kier alpha value is -3.33. The predicted molar refractivity (Wildman–Crippen MR) is 98.5 cm³/mol. The number of likely N-dealkylation sites (N-methyl/N-ethyl adjacent to an activating group) is 1. The molecule has 3 amide bonds. The van der Waals surface area contributed by atoms with Gasteiger partial charge in [0.25, 0.3) is 0 Å². The van der Waals surface area contributed by atoms with Crippen molar-refractivity contribution in [1.82, 2.24) is 10.6 Å². The summed E-state index contributed by atoms with van der Waals surface area (Å²) in [7, 11) is 1.77. The molecule has 2 aromatic rings. The van der Waals surface area contributed by atoms with E-state index < -0.39 is 0 Å². The first-order chi connectivity index (χ1) is 12.5. The first-order valence-corrected chi connectivity index (χ1v) is 8.40. The van der Waals surface area contributed by atoms with E-state index in [1.54, 1.807) is 24.1 Å². The highest BCUT2D eigenvalue weighted by molar-refractivity contribution is 6.00. The highest BCUT2D eigenvalue weighted by Gasteiger charge is 2.24. The monoisotopic (exact) mass is 348 g/mol. The summed E-state index contributed by atoms with van der Waals surface area (Å²) in [6.07, 6.45) is 0.400. The topological polar surface area (TPSA) is 85.2 Å². The van der Waals surface area contributed by atoms with E-state index in [2.05, 4.69) is 16.7 Å². The zero-order valence-corrected chi connectivity index (χ0v) is 14.7. The van der Waals surface area contributed by atoms with Gasteiger partial charge in [0.2, 0.25) is 5.91 Å². The third kappa shape index (κ3) is 3.67. The standard InChI is InChI=1S/C20H20N4O2/c1-13(16-7-8-18-17(9-16)10-19(25)24(18)2)23-20(26)22-12-15-5-3-14(11-21)4-6-15/h3-9,13H,10,12H2,1-2H3,(H2,22,23,26). The van der Waals surface area contributed by atoms with Crippen molar-refractivity contribution in [3.8, 4) is 6.07 Å². The molecule has 0 aromatic heterocycles. The zero-order valence-electron chi connectivity index (χ0n) is 14.7. The molecular weight excluding hydrogens is 328 g/mol. The molecule has 1 unspecified atom stereocenters. The van der Waals surface area contributed by atoms with Gasteiger partial charge >= 0.3 is 6.03 Å². The number of anilines is 1. The molecule has 1 heterocycles. The minimum absolute atomic E-state index is 0.0814. The number of urea groups is 1. The van der Waals surface area contributed by atoms with Gasteiger partial charge in [0.15, 0.2) is 0 Å². The van der Waals surface area contributed by atoms with Crippen LogP contribution in [0, 0.1) is 11.3 Å². The first-order valence-electron chi connectivity index (χ1n) is 8.40. The van der Waals surface area contributed by atoms with Crippen LogP contribution in [0.25, 0.3) is 0 Å². The summed E-state index contributed by atoms with van der Waals surface area (Å²) in [6, 6.07) is 14.5. The molecule has 0 bridgehead atoms. The molecule has 3 rings (SSSR count). The molecule has 2 aromatic carbocycles. The molecule has 0 radical (unpaired) electrons. The van der Waals surface area contributed by atoms with E-state index in [1.165, 1.54) is 0 Å². The van der Waals surface area contributed by atoms with E-state index in [0.29, 0.717) is 18.5 Å². The first kappa shape index (κ1) is 17.5. The summed E-state index contributed by atoms with van der Waals surface area (Å²) in [4.78, 5) is 25.6. The van der Waals surface area contributed by atoms with E-state index in [4.69, 9.17) is 5.26 Å². The number of carbonyl (C=O) groups is 2. The van der Waals surface area contributed by atoms with Gasteiger partial charge in [-0.2, -0.15) is 5.26 Å². The smallest absolute Gasteiger partial charge is 0.315 e. The van der Waals surface area contributed by atoms with Gasteiger partial charge in [-0.3, -0.25) is 4.79 Å². The van der Waals surface area contributed by atoms with Gasteiger partial charge in [-0.1, -0.05) is 24.3 Å². The number of fused-ring (bicyclic) bond motifs is 1. The number of rotatable bonds is 4. The van der Waals surface area contributed by atoms with Crippen LogP contribution in [0.1, 0.15) is 35.2 Å². The lowest BCUT2D eigenvalue weighted by Gasteiger charge is -2.17. The molecule has 6 nitrogen and oxygen atoms in total. The lowest BCUT2D eigenvalue weighted by molar-refractivity contribution is -0.117. The van der Waals surface area contributed by atoms with Crippen molar-refractivity contribution in [1.29, 1.82) is 5.26 Å². The highest BCUT2D eigenvalue weighted by atomic mass is 16.2. The molecule has 0 fully saturated rings. The Kier molecular flexibility index (Phi) is 4.90. The van der Waals surface area contributed by atoms with Crippen molar-refractivity contribution in [3.63, 3.8) is 0 Å². The summed E-state index contributed by atoms with van der Waals surface area (Å²) in [5.41, 5.74) is 4.39. The van der Waals surface area contributed by atoms with E-state index in [9.17, 15) is 9.59 Å². The van der Waals surface area contributed by atoms with Crippen LogP contribution >= 0.6 is 0 Å². The lowest BCUT2D eigenvalue weighted by Crippen LogP contribution is -2.36. The second kappa shape index (κ2) is 7.28. The molecule has 6 heteroatoms. The van der Waals surface area contributed by atoms with Crippen molar-refractivity contribution >= 4 is 17.6 Å². The molecule has 0 aliphatic carbocycles. The Bertz CT molecular complexity index is 884. The maximum Gasteiger partial charge on any atom is 0.315 e. The molecule has 0 saturated carbocycles. The van der Waals surface area contributed by atoms with Crippen LogP contribution in [-0.4, -0.2) is 19.0 Å². The Labute approximate surface area is 152 Å². The third-order valence-electron chi connectivity index (χ3n) is 4.56. The van der Waals surface area contributed by atoms with E-state index in [-0.39, 0.29) is 18.0 Å². The van der Waals surface area contributed by atoms with Crippen LogP contribution in [0.2, 0.25) is 0 Å². The van der Waals surface area contributed by atoms with Crippen molar-refractivity contribution < 1.29 is 9.59 Å². The van der Waals surface area contributed by atoms with Gasteiger partial charge in [-0.15, -0.1) is 0 Å². The SMILES string of the molecule is CC(NC(=O)NCc1ccc(C#N)cc1)c1ccc2c(c1)CC(=O)N2C. The van der Waals surface area contributed by atoms with E-state index in [0.717, 1.165) is 22.4 Å². The Morgan fingerprint density at radius 1 is 1.27 bits per heavy atom. The maximum absolute atomic E-state index is 12.1. The van der Waals surface area contributed by atoms with Gasteiger partial charge < -0.3 is 15.5 Å². The fourth-order valence-corrected chi connectivity index (χ4v) is 2.97. The fraction of sp³-hybridized carbons (Fsp3) is 0.250.